The molecule has 4 rings (SSSR count). The van der Waals surface area contributed by atoms with E-state index >= 15 is 0 Å². The van der Waals surface area contributed by atoms with Crippen molar-refractivity contribution in [2.45, 2.75) is 32.3 Å². The van der Waals surface area contributed by atoms with Crippen LogP contribution < -0.4 is 0 Å². The highest BCUT2D eigenvalue weighted by atomic mass is 79.9. The summed E-state index contributed by atoms with van der Waals surface area (Å²) >= 11 is 3.42. The Bertz CT molecular complexity index is 935. The predicted molar refractivity (Wildman–Crippen MR) is 102 cm³/mol. The van der Waals surface area contributed by atoms with Gasteiger partial charge in [-0.1, -0.05) is 46.3 Å². The van der Waals surface area contributed by atoms with Gasteiger partial charge in [0, 0.05) is 15.6 Å². The molecule has 0 saturated heterocycles. The van der Waals surface area contributed by atoms with E-state index in [9.17, 15) is 4.79 Å². The second kappa shape index (κ2) is 6.96. The van der Waals surface area contributed by atoms with Crippen LogP contribution in [0.1, 0.15) is 40.0 Å². The van der Waals surface area contributed by atoms with Crippen molar-refractivity contribution >= 4 is 32.8 Å². The average Bonchev–Trinajstić information content (AvgIpc) is 2.65. The van der Waals surface area contributed by atoms with Crippen LogP contribution in [0.2, 0.25) is 0 Å². The molecule has 1 aromatic heterocycles. The first-order valence-corrected chi connectivity index (χ1v) is 9.34. The topological polar surface area (TPSA) is 39.2 Å². The van der Waals surface area contributed by atoms with Crippen LogP contribution in [0.4, 0.5) is 0 Å². The molecule has 3 nitrogen and oxygen atoms in total. The van der Waals surface area contributed by atoms with Gasteiger partial charge in [-0.25, -0.2) is 4.79 Å². The van der Waals surface area contributed by atoms with E-state index in [1.54, 1.807) is 0 Å². The number of hydrogen-bond donors (Lipinski definition) is 0. The highest BCUT2D eigenvalue weighted by Gasteiger charge is 2.23. The summed E-state index contributed by atoms with van der Waals surface area (Å²) in [7, 11) is 0. The lowest BCUT2D eigenvalue weighted by molar-refractivity contribution is 0.0473. The van der Waals surface area contributed by atoms with Crippen molar-refractivity contribution in [1.82, 2.24) is 4.98 Å². The van der Waals surface area contributed by atoms with Gasteiger partial charge < -0.3 is 4.74 Å². The molecule has 0 spiro atoms. The van der Waals surface area contributed by atoms with Crippen molar-refractivity contribution in [3.05, 3.63) is 75.4 Å². The molecule has 0 radical (unpaired) electrons. The van der Waals surface area contributed by atoms with Crippen LogP contribution in [0.25, 0.3) is 10.9 Å². The maximum absolute atomic E-state index is 12.9. The van der Waals surface area contributed by atoms with Gasteiger partial charge in [0.05, 0.1) is 11.1 Å². The van der Waals surface area contributed by atoms with E-state index in [0.717, 1.165) is 57.9 Å². The minimum atomic E-state index is -0.250. The monoisotopic (exact) mass is 395 g/mol. The van der Waals surface area contributed by atoms with Crippen LogP contribution in [0.15, 0.2) is 53.0 Å². The molecule has 0 amide bonds. The van der Waals surface area contributed by atoms with Crippen molar-refractivity contribution < 1.29 is 9.53 Å². The van der Waals surface area contributed by atoms with E-state index in [1.165, 1.54) is 0 Å². The first kappa shape index (κ1) is 16.3. The van der Waals surface area contributed by atoms with Gasteiger partial charge in [0.25, 0.3) is 0 Å². The van der Waals surface area contributed by atoms with Crippen molar-refractivity contribution in [3.63, 3.8) is 0 Å². The van der Waals surface area contributed by atoms with E-state index in [-0.39, 0.29) is 12.6 Å². The number of aromatic nitrogens is 1. The fraction of sp³-hybridized carbons (Fsp3) is 0.238. The fourth-order valence-corrected chi connectivity index (χ4v) is 3.67. The minimum Gasteiger partial charge on any atom is -0.457 e. The third-order valence-corrected chi connectivity index (χ3v) is 5.19. The van der Waals surface area contributed by atoms with Crippen molar-refractivity contribution in [2.75, 3.05) is 0 Å². The first-order valence-electron chi connectivity index (χ1n) is 8.54. The van der Waals surface area contributed by atoms with E-state index in [2.05, 4.69) is 15.9 Å². The third-order valence-electron chi connectivity index (χ3n) is 4.66. The molecule has 126 valence electrons. The second-order valence-corrected chi connectivity index (χ2v) is 7.25. The van der Waals surface area contributed by atoms with E-state index in [0.29, 0.717) is 5.56 Å². The van der Waals surface area contributed by atoms with Gasteiger partial charge in [0.2, 0.25) is 0 Å². The SMILES string of the molecule is O=C(OCc1ccc(Br)cc1)c1c2c(nc3ccccc13)CCCC2. The number of ether oxygens (including phenoxy) is 1. The Hall–Kier alpha value is -2.20. The van der Waals surface area contributed by atoms with Crippen LogP contribution in [0.5, 0.6) is 0 Å². The molecule has 2 aromatic carbocycles. The molecule has 4 heteroatoms. The van der Waals surface area contributed by atoms with Crippen LogP contribution in [0, 0.1) is 0 Å². The number of carbonyl (C=O) groups is 1. The molecule has 1 aliphatic rings. The van der Waals surface area contributed by atoms with Crippen LogP contribution in [-0.4, -0.2) is 11.0 Å². The molecule has 0 fully saturated rings. The number of pyridine rings is 1. The fourth-order valence-electron chi connectivity index (χ4n) is 3.41. The maximum Gasteiger partial charge on any atom is 0.339 e. The summed E-state index contributed by atoms with van der Waals surface area (Å²) in [5.74, 6) is -0.250. The molecule has 0 atom stereocenters. The summed E-state index contributed by atoms with van der Waals surface area (Å²) in [6, 6.07) is 15.7. The molecule has 0 saturated carbocycles. The normalized spacial score (nSPS) is 13.5. The van der Waals surface area contributed by atoms with Crippen molar-refractivity contribution in [3.8, 4) is 0 Å². The lowest BCUT2D eigenvalue weighted by Gasteiger charge is -2.20. The largest absolute Gasteiger partial charge is 0.457 e. The van der Waals surface area contributed by atoms with Crippen LogP contribution in [-0.2, 0) is 24.2 Å². The quantitative estimate of drug-likeness (QED) is 0.569. The number of fused-ring (bicyclic) bond motifs is 2. The molecule has 3 aromatic rings. The molecule has 0 aliphatic heterocycles. The summed E-state index contributed by atoms with van der Waals surface area (Å²) in [5.41, 5.74) is 4.69. The van der Waals surface area contributed by atoms with Gasteiger partial charge in [0.1, 0.15) is 6.61 Å². The minimum absolute atomic E-state index is 0.250. The number of esters is 1. The molecule has 0 N–H and O–H groups in total. The van der Waals surface area contributed by atoms with E-state index in [4.69, 9.17) is 9.72 Å². The number of aryl methyl sites for hydroxylation is 1. The number of hydrogen-bond acceptors (Lipinski definition) is 3. The third kappa shape index (κ3) is 3.31. The zero-order valence-corrected chi connectivity index (χ0v) is 15.4. The lowest BCUT2D eigenvalue weighted by Crippen LogP contribution is -2.15. The molecule has 0 unspecified atom stereocenters. The number of carbonyl (C=O) groups excluding carboxylic acids is 1. The number of rotatable bonds is 3. The maximum atomic E-state index is 12.9. The average molecular weight is 396 g/mol. The predicted octanol–water partition coefficient (Wildman–Crippen LogP) is 5.23. The number of nitrogens with zero attached hydrogens (tertiary/aromatic N) is 1. The van der Waals surface area contributed by atoms with Gasteiger partial charge >= 0.3 is 5.97 Å². The molecule has 1 aliphatic carbocycles. The summed E-state index contributed by atoms with van der Waals surface area (Å²) in [6.07, 6.45) is 4.06. The van der Waals surface area contributed by atoms with E-state index in [1.807, 2.05) is 48.5 Å². The highest BCUT2D eigenvalue weighted by Crippen LogP contribution is 2.30. The number of para-hydroxylation sites is 1. The van der Waals surface area contributed by atoms with E-state index < -0.39 is 0 Å². The summed E-state index contributed by atoms with van der Waals surface area (Å²) in [4.78, 5) is 17.7. The molecule has 1 heterocycles. The second-order valence-electron chi connectivity index (χ2n) is 6.34. The Labute approximate surface area is 155 Å². The molecular weight excluding hydrogens is 378 g/mol. The van der Waals surface area contributed by atoms with Gasteiger partial charge in [-0.05, 0) is 55.0 Å². The van der Waals surface area contributed by atoms with Crippen LogP contribution >= 0.6 is 15.9 Å². The standard InChI is InChI=1S/C21H18BrNO2/c22-15-11-9-14(10-12-15)13-25-21(24)20-16-5-1-3-7-18(16)23-19-8-4-2-6-17(19)20/h1,3,5,7,9-12H,2,4,6,8,13H2. The van der Waals surface area contributed by atoms with Gasteiger partial charge in [-0.15, -0.1) is 0 Å². The Morgan fingerprint density at radius 2 is 1.80 bits per heavy atom. The first-order chi connectivity index (χ1) is 12.2. The van der Waals surface area contributed by atoms with Gasteiger partial charge in [-0.3, -0.25) is 4.98 Å². The Kier molecular flexibility index (Phi) is 4.53. The van der Waals surface area contributed by atoms with Gasteiger partial charge in [0.15, 0.2) is 0 Å². The van der Waals surface area contributed by atoms with Crippen LogP contribution in [0.3, 0.4) is 0 Å². The van der Waals surface area contributed by atoms with Crippen molar-refractivity contribution in [1.29, 1.82) is 0 Å². The number of halogens is 1. The summed E-state index contributed by atoms with van der Waals surface area (Å²) < 4.78 is 6.66. The molecular formula is C21H18BrNO2. The summed E-state index contributed by atoms with van der Waals surface area (Å²) in [6.45, 7) is 0.275. The Morgan fingerprint density at radius 1 is 1.04 bits per heavy atom. The Morgan fingerprint density at radius 3 is 2.64 bits per heavy atom. The summed E-state index contributed by atoms with van der Waals surface area (Å²) in [5, 5.41) is 0.893. The molecule has 0 bridgehead atoms. The smallest absolute Gasteiger partial charge is 0.339 e. The van der Waals surface area contributed by atoms with Gasteiger partial charge in [-0.2, -0.15) is 0 Å². The Balaban J connectivity index is 1.69. The molecule has 25 heavy (non-hydrogen) atoms. The zero-order chi connectivity index (χ0) is 17.2. The number of benzene rings is 2. The highest BCUT2D eigenvalue weighted by molar-refractivity contribution is 9.10. The zero-order valence-electron chi connectivity index (χ0n) is 13.8. The lowest BCUT2D eigenvalue weighted by atomic mass is 9.90. The van der Waals surface area contributed by atoms with Crippen molar-refractivity contribution in [2.24, 2.45) is 0 Å².